The van der Waals surface area contributed by atoms with E-state index < -0.39 is 11.7 Å². The van der Waals surface area contributed by atoms with Gasteiger partial charge >= 0.3 is 0 Å². The molecule has 21 heavy (non-hydrogen) atoms. The second-order valence-electron chi connectivity index (χ2n) is 6.06. The average Bonchev–Trinajstić information content (AvgIpc) is 2.96. The van der Waals surface area contributed by atoms with Gasteiger partial charge in [-0.25, -0.2) is 0 Å². The number of allylic oxidation sites excluding steroid dienone is 1. The second-order valence-corrected chi connectivity index (χ2v) is 6.06. The maximum atomic E-state index is 6.38. The van der Waals surface area contributed by atoms with Crippen LogP contribution in [0.25, 0.3) is 0 Å². The Balaban J connectivity index is 1.70. The maximum absolute atomic E-state index is 6.38. The molecule has 1 aromatic carbocycles. The monoisotopic (exact) mass is 285 g/mol. The van der Waals surface area contributed by atoms with Gasteiger partial charge in [-0.2, -0.15) is 0 Å². The molecule has 0 radical (unpaired) electrons. The molecule has 4 nitrogen and oxygen atoms in total. The fraction of sp³-hybridized carbons (Fsp3) is 0.471. The summed E-state index contributed by atoms with van der Waals surface area (Å²) in [5, 5.41) is 0. The summed E-state index contributed by atoms with van der Waals surface area (Å²) in [6.45, 7) is 0. The summed E-state index contributed by atoms with van der Waals surface area (Å²) in [6, 6.07) is 8.17. The van der Waals surface area contributed by atoms with Gasteiger partial charge in [-0.1, -0.05) is 18.2 Å². The zero-order valence-corrected chi connectivity index (χ0v) is 12.2. The molecular weight excluding hydrogens is 262 g/mol. The third-order valence-corrected chi connectivity index (χ3v) is 4.30. The number of benzene rings is 1. The molecule has 0 amide bonds. The average molecular weight is 285 g/mol. The van der Waals surface area contributed by atoms with Crippen molar-refractivity contribution in [1.82, 2.24) is 0 Å². The zero-order chi connectivity index (χ0) is 14.7. The van der Waals surface area contributed by atoms with Crippen LogP contribution in [-0.2, 0) is 6.42 Å². The van der Waals surface area contributed by atoms with Gasteiger partial charge in [0.1, 0.15) is 11.9 Å². The lowest BCUT2D eigenvalue weighted by molar-refractivity contribution is 0.210. The second kappa shape index (κ2) is 6.00. The number of nitrogens with two attached hydrogens (primary N) is 2. The van der Waals surface area contributed by atoms with Crippen LogP contribution in [0.15, 0.2) is 41.4 Å². The van der Waals surface area contributed by atoms with Crippen LogP contribution in [0.2, 0.25) is 0 Å². The van der Waals surface area contributed by atoms with Crippen molar-refractivity contribution in [2.45, 2.75) is 49.9 Å². The molecule has 1 saturated carbocycles. The largest absolute Gasteiger partial charge is 0.490 e. The van der Waals surface area contributed by atoms with E-state index in [-0.39, 0.29) is 0 Å². The molecule has 1 aliphatic heterocycles. The van der Waals surface area contributed by atoms with Crippen molar-refractivity contribution >= 4 is 6.21 Å². The first-order chi connectivity index (χ1) is 10.2. The molecule has 0 bridgehead atoms. The number of hydrogen-bond donors (Lipinski definition) is 2. The van der Waals surface area contributed by atoms with Gasteiger partial charge in [0.05, 0.1) is 11.6 Å². The van der Waals surface area contributed by atoms with Crippen molar-refractivity contribution in [3.63, 3.8) is 0 Å². The third kappa shape index (κ3) is 3.34. The summed E-state index contributed by atoms with van der Waals surface area (Å²) < 4.78 is 6.05. The molecule has 4 N–H and O–H groups in total. The summed E-state index contributed by atoms with van der Waals surface area (Å²) in [4.78, 5) is 4.19. The molecule has 0 saturated heterocycles. The molecule has 2 aliphatic rings. The van der Waals surface area contributed by atoms with Gasteiger partial charge < -0.3 is 16.2 Å². The molecule has 1 aliphatic carbocycles. The van der Waals surface area contributed by atoms with Crippen molar-refractivity contribution < 1.29 is 4.74 Å². The van der Waals surface area contributed by atoms with Crippen LogP contribution >= 0.6 is 0 Å². The topological polar surface area (TPSA) is 73.6 Å². The number of rotatable bonds is 4. The maximum Gasteiger partial charge on any atom is 0.119 e. The molecule has 4 heteroatoms. The Morgan fingerprint density at radius 2 is 2.10 bits per heavy atom. The summed E-state index contributed by atoms with van der Waals surface area (Å²) in [6.07, 6.45) is 11.0. The van der Waals surface area contributed by atoms with E-state index in [4.69, 9.17) is 16.2 Å². The number of ether oxygens (including phenoxy) is 1. The molecule has 1 aromatic rings. The highest BCUT2D eigenvalue weighted by molar-refractivity contribution is 5.73. The Hall–Kier alpha value is -1.65. The predicted octanol–water partition coefficient (Wildman–Crippen LogP) is 2.17. The summed E-state index contributed by atoms with van der Waals surface area (Å²) in [7, 11) is 0. The lowest BCUT2D eigenvalue weighted by Crippen LogP contribution is -2.55. The van der Waals surface area contributed by atoms with E-state index in [1.54, 1.807) is 6.21 Å². The molecule has 2 atom stereocenters. The smallest absolute Gasteiger partial charge is 0.119 e. The number of nitrogens with zero attached hydrogens (tertiary/aromatic N) is 1. The Bertz CT molecular complexity index is 549. The Morgan fingerprint density at radius 1 is 1.29 bits per heavy atom. The molecular formula is C17H23N3O. The van der Waals surface area contributed by atoms with Crippen molar-refractivity contribution in [2.24, 2.45) is 16.5 Å². The minimum Gasteiger partial charge on any atom is -0.490 e. The van der Waals surface area contributed by atoms with Crippen LogP contribution in [0.1, 0.15) is 31.2 Å². The SMILES string of the molecule is NC1N=CC=CC1(N)Cc1cccc(OC2CCCC2)c1. The van der Waals surface area contributed by atoms with Crippen LogP contribution in [0.4, 0.5) is 0 Å². The van der Waals surface area contributed by atoms with Crippen LogP contribution in [-0.4, -0.2) is 24.0 Å². The third-order valence-electron chi connectivity index (χ3n) is 4.30. The highest BCUT2D eigenvalue weighted by Crippen LogP contribution is 2.26. The van der Waals surface area contributed by atoms with Crippen molar-refractivity contribution in [1.29, 1.82) is 0 Å². The van der Waals surface area contributed by atoms with E-state index in [0.29, 0.717) is 12.5 Å². The first-order valence-electron chi connectivity index (χ1n) is 7.67. The molecule has 3 rings (SSSR count). The number of dihydropyridines is 1. The van der Waals surface area contributed by atoms with E-state index in [0.717, 1.165) is 24.2 Å². The lowest BCUT2D eigenvalue weighted by atomic mass is 9.87. The highest BCUT2D eigenvalue weighted by Gasteiger charge is 2.31. The van der Waals surface area contributed by atoms with Gasteiger partial charge in [-0.05, 0) is 55.9 Å². The Kier molecular flexibility index (Phi) is 4.08. The Labute approximate surface area is 125 Å². The number of hydrogen-bond acceptors (Lipinski definition) is 4. The molecule has 1 fully saturated rings. The minimum atomic E-state index is -0.624. The summed E-state index contributed by atoms with van der Waals surface area (Å²) in [5.41, 5.74) is 12.9. The predicted molar refractivity (Wildman–Crippen MR) is 85.6 cm³/mol. The first-order valence-corrected chi connectivity index (χ1v) is 7.67. The molecule has 0 spiro atoms. The van der Waals surface area contributed by atoms with E-state index in [1.807, 2.05) is 24.3 Å². The van der Waals surface area contributed by atoms with Gasteiger partial charge in [0.15, 0.2) is 0 Å². The molecule has 112 valence electrons. The van der Waals surface area contributed by atoms with Crippen molar-refractivity contribution in [2.75, 3.05) is 0 Å². The van der Waals surface area contributed by atoms with Crippen molar-refractivity contribution in [3.8, 4) is 5.75 Å². The van der Waals surface area contributed by atoms with Crippen LogP contribution in [0, 0.1) is 0 Å². The van der Waals surface area contributed by atoms with E-state index >= 15 is 0 Å². The van der Waals surface area contributed by atoms with Crippen LogP contribution in [0.3, 0.4) is 0 Å². The highest BCUT2D eigenvalue weighted by atomic mass is 16.5. The van der Waals surface area contributed by atoms with Gasteiger partial charge in [-0.15, -0.1) is 0 Å². The van der Waals surface area contributed by atoms with Gasteiger partial charge in [-0.3, -0.25) is 4.99 Å². The quantitative estimate of drug-likeness (QED) is 0.890. The van der Waals surface area contributed by atoms with Gasteiger partial charge in [0.25, 0.3) is 0 Å². The molecule has 0 aromatic heterocycles. The number of aliphatic imine (C=N–C) groups is 1. The molecule has 1 heterocycles. The van der Waals surface area contributed by atoms with E-state index in [9.17, 15) is 0 Å². The lowest BCUT2D eigenvalue weighted by Gasteiger charge is -2.31. The van der Waals surface area contributed by atoms with Gasteiger partial charge in [0.2, 0.25) is 0 Å². The van der Waals surface area contributed by atoms with Crippen LogP contribution in [0.5, 0.6) is 5.75 Å². The zero-order valence-electron chi connectivity index (χ0n) is 12.2. The first kappa shape index (κ1) is 14.3. The van der Waals surface area contributed by atoms with Crippen LogP contribution < -0.4 is 16.2 Å². The van der Waals surface area contributed by atoms with E-state index in [2.05, 4.69) is 17.1 Å². The van der Waals surface area contributed by atoms with Gasteiger partial charge in [0, 0.05) is 6.21 Å². The van der Waals surface area contributed by atoms with Crippen molar-refractivity contribution in [3.05, 3.63) is 42.0 Å². The Morgan fingerprint density at radius 3 is 2.86 bits per heavy atom. The fourth-order valence-corrected chi connectivity index (χ4v) is 3.05. The summed E-state index contributed by atoms with van der Waals surface area (Å²) >= 11 is 0. The fourth-order valence-electron chi connectivity index (χ4n) is 3.05. The standard InChI is InChI=1S/C17H23N3O/c18-16-17(19,9-4-10-20-16)12-13-5-3-8-15(11-13)21-14-6-1-2-7-14/h3-5,8-11,14,16H,1-2,6-7,12,18-19H2. The normalized spacial score (nSPS) is 29.0. The minimum absolute atomic E-state index is 0.369. The molecule has 2 unspecified atom stereocenters. The summed E-state index contributed by atoms with van der Waals surface area (Å²) in [5.74, 6) is 0.930. The van der Waals surface area contributed by atoms with E-state index in [1.165, 1.54) is 12.8 Å².